The van der Waals surface area contributed by atoms with Gasteiger partial charge in [0.1, 0.15) is 6.54 Å². The quantitative estimate of drug-likeness (QED) is 0.499. The zero-order valence-corrected chi connectivity index (χ0v) is 19.2. The van der Waals surface area contributed by atoms with Crippen molar-refractivity contribution in [2.24, 2.45) is 0 Å². The predicted octanol–water partition coefficient (Wildman–Crippen LogP) is 2.10. The number of fused-ring (bicyclic) bond motifs is 1. The molecule has 2 aromatic carbocycles. The van der Waals surface area contributed by atoms with Crippen molar-refractivity contribution in [3.05, 3.63) is 64.6 Å². The number of benzene rings is 2. The fourth-order valence-corrected chi connectivity index (χ4v) is 5.36. The molecule has 1 N–H and O–H groups in total. The molecular formula is C23H27N3O6S. The molecule has 0 atom stereocenters. The summed E-state index contributed by atoms with van der Waals surface area (Å²) in [5.74, 6) is -1.31. The molecule has 4 rings (SSSR count). The van der Waals surface area contributed by atoms with Crippen LogP contribution in [0.15, 0.2) is 62.6 Å². The van der Waals surface area contributed by atoms with Crippen molar-refractivity contribution in [2.75, 3.05) is 19.7 Å². The summed E-state index contributed by atoms with van der Waals surface area (Å²) in [6.45, 7) is 4.01. The Morgan fingerprint density at radius 2 is 1.88 bits per heavy atom. The van der Waals surface area contributed by atoms with Crippen molar-refractivity contribution in [3.8, 4) is 0 Å². The molecule has 0 amide bonds. The van der Waals surface area contributed by atoms with Crippen LogP contribution < -0.4 is 10.5 Å². The number of nitrogens with one attached hydrogen (secondary N) is 1. The van der Waals surface area contributed by atoms with Crippen LogP contribution in [0, 0.1) is 0 Å². The lowest BCUT2D eigenvalue weighted by atomic mass is 10.1. The Balaban J connectivity index is 1.41. The van der Waals surface area contributed by atoms with Crippen LogP contribution in [0.1, 0.15) is 25.3 Å². The van der Waals surface area contributed by atoms with E-state index in [2.05, 4.69) is 21.8 Å². The maximum Gasteiger partial charge on any atom is 0.420 e. The molecule has 0 radical (unpaired) electrons. The van der Waals surface area contributed by atoms with Gasteiger partial charge in [-0.25, -0.2) is 17.9 Å². The molecule has 0 saturated carbocycles. The Kier molecular flexibility index (Phi) is 6.96. The molecule has 0 bridgehead atoms. The molecule has 0 aliphatic carbocycles. The average molecular weight is 474 g/mol. The number of esters is 1. The summed E-state index contributed by atoms with van der Waals surface area (Å²) in [7, 11) is -3.79. The molecule has 0 spiro atoms. The third-order valence-corrected chi connectivity index (χ3v) is 7.22. The van der Waals surface area contributed by atoms with Gasteiger partial charge in [0.2, 0.25) is 10.0 Å². The van der Waals surface area contributed by atoms with Gasteiger partial charge in [0, 0.05) is 31.7 Å². The number of carbonyl (C=O) groups is 1. The van der Waals surface area contributed by atoms with Crippen LogP contribution in [0.5, 0.6) is 0 Å². The Bertz CT molecular complexity index is 1270. The molecule has 0 unspecified atom stereocenters. The van der Waals surface area contributed by atoms with Crippen LogP contribution in [-0.4, -0.2) is 49.6 Å². The largest absolute Gasteiger partial charge is 0.465 e. The van der Waals surface area contributed by atoms with E-state index in [1.807, 2.05) is 18.2 Å². The Morgan fingerprint density at radius 1 is 1.15 bits per heavy atom. The summed E-state index contributed by atoms with van der Waals surface area (Å²) in [6, 6.07) is 14.2. The molecule has 1 saturated heterocycles. The summed E-state index contributed by atoms with van der Waals surface area (Å²) in [5.41, 5.74) is 1.67. The van der Waals surface area contributed by atoms with E-state index >= 15 is 0 Å². The highest BCUT2D eigenvalue weighted by molar-refractivity contribution is 7.89. The normalized spacial score (nSPS) is 15.7. The van der Waals surface area contributed by atoms with Crippen molar-refractivity contribution in [2.45, 2.75) is 43.8 Å². The SMILES string of the molecule is CCOC(=O)Cn1c(=O)oc2cc(S(=O)(=O)NC3CCN(Cc4ccccc4)CC3)ccc21. The van der Waals surface area contributed by atoms with E-state index in [9.17, 15) is 18.0 Å². The smallest absolute Gasteiger partial charge is 0.420 e. The molecule has 33 heavy (non-hydrogen) atoms. The number of hydrogen-bond donors (Lipinski definition) is 1. The maximum absolute atomic E-state index is 12.9. The second-order valence-corrected chi connectivity index (χ2v) is 9.76. The summed E-state index contributed by atoms with van der Waals surface area (Å²) in [4.78, 5) is 26.2. The first-order valence-corrected chi connectivity index (χ1v) is 12.4. The predicted molar refractivity (Wildman–Crippen MR) is 122 cm³/mol. The number of aromatic nitrogens is 1. The van der Waals surface area contributed by atoms with E-state index in [0.29, 0.717) is 18.4 Å². The van der Waals surface area contributed by atoms with Crippen LogP contribution >= 0.6 is 0 Å². The lowest BCUT2D eigenvalue weighted by Crippen LogP contribution is -2.44. The van der Waals surface area contributed by atoms with Gasteiger partial charge in [-0.3, -0.25) is 14.3 Å². The minimum Gasteiger partial charge on any atom is -0.465 e. The number of ether oxygens (including phenoxy) is 1. The van der Waals surface area contributed by atoms with Crippen LogP contribution in [-0.2, 0) is 32.6 Å². The topological polar surface area (TPSA) is 111 Å². The van der Waals surface area contributed by atoms with Gasteiger partial charge >= 0.3 is 11.7 Å². The number of oxazole rings is 1. The third-order valence-electron chi connectivity index (χ3n) is 5.70. The Hall–Kier alpha value is -2.95. The van der Waals surface area contributed by atoms with E-state index in [-0.39, 0.29) is 29.7 Å². The highest BCUT2D eigenvalue weighted by Crippen LogP contribution is 2.21. The first-order valence-electron chi connectivity index (χ1n) is 10.9. The highest BCUT2D eigenvalue weighted by atomic mass is 32.2. The summed E-state index contributed by atoms with van der Waals surface area (Å²) in [5, 5.41) is 0. The number of sulfonamides is 1. The fourth-order valence-electron chi connectivity index (χ4n) is 4.04. The number of rotatable bonds is 8. The van der Waals surface area contributed by atoms with Gasteiger partial charge in [-0.15, -0.1) is 0 Å². The Morgan fingerprint density at radius 3 is 2.58 bits per heavy atom. The minimum absolute atomic E-state index is 0.0127. The zero-order chi connectivity index (χ0) is 23.4. The van der Waals surface area contributed by atoms with Gasteiger partial charge in [-0.05, 0) is 37.5 Å². The van der Waals surface area contributed by atoms with Gasteiger partial charge in [-0.2, -0.15) is 0 Å². The molecular weight excluding hydrogens is 446 g/mol. The first kappa shape index (κ1) is 23.2. The average Bonchev–Trinajstić information content (AvgIpc) is 3.10. The van der Waals surface area contributed by atoms with Gasteiger partial charge in [0.15, 0.2) is 5.58 Å². The fraction of sp³-hybridized carbons (Fsp3) is 0.391. The lowest BCUT2D eigenvalue weighted by Gasteiger charge is -2.32. The zero-order valence-electron chi connectivity index (χ0n) is 18.4. The van der Waals surface area contributed by atoms with E-state index in [4.69, 9.17) is 9.15 Å². The molecule has 1 aromatic heterocycles. The number of carbonyl (C=O) groups excluding carboxylic acids is 1. The van der Waals surface area contributed by atoms with Gasteiger partial charge < -0.3 is 9.15 Å². The second-order valence-electron chi connectivity index (χ2n) is 8.05. The molecule has 3 aromatic rings. The van der Waals surface area contributed by atoms with Crippen molar-refractivity contribution >= 4 is 27.1 Å². The lowest BCUT2D eigenvalue weighted by molar-refractivity contribution is -0.143. The molecule has 1 aliphatic rings. The molecule has 9 nitrogen and oxygen atoms in total. The van der Waals surface area contributed by atoms with Crippen molar-refractivity contribution in [1.29, 1.82) is 0 Å². The highest BCUT2D eigenvalue weighted by Gasteiger charge is 2.25. The van der Waals surface area contributed by atoms with E-state index in [1.54, 1.807) is 6.92 Å². The van der Waals surface area contributed by atoms with Crippen molar-refractivity contribution in [3.63, 3.8) is 0 Å². The van der Waals surface area contributed by atoms with Crippen LogP contribution in [0.4, 0.5) is 0 Å². The summed E-state index contributed by atoms with van der Waals surface area (Å²) < 4.78 is 39.8. The monoisotopic (exact) mass is 473 g/mol. The van der Waals surface area contributed by atoms with E-state index < -0.39 is 21.7 Å². The van der Waals surface area contributed by atoms with Crippen molar-refractivity contribution < 1.29 is 22.4 Å². The van der Waals surface area contributed by atoms with Crippen LogP contribution in [0.25, 0.3) is 11.1 Å². The van der Waals surface area contributed by atoms with E-state index in [0.717, 1.165) is 24.2 Å². The van der Waals surface area contributed by atoms with Gasteiger partial charge in [0.05, 0.1) is 17.0 Å². The number of piperidine rings is 1. The summed E-state index contributed by atoms with van der Waals surface area (Å²) >= 11 is 0. The second kappa shape index (κ2) is 9.90. The number of likely N-dealkylation sites (tertiary alicyclic amines) is 1. The van der Waals surface area contributed by atoms with Crippen LogP contribution in [0.3, 0.4) is 0 Å². The van der Waals surface area contributed by atoms with Gasteiger partial charge in [0.25, 0.3) is 0 Å². The van der Waals surface area contributed by atoms with Crippen molar-refractivity contribution in [1.82, 2.24) is 14.2 Å². The third kappa shape index (κ3) is 5.52. The molecule has 10 heteroatoms. The maximum atomic E-state index is 12.9. The standard InChI is InChI=1S/C23H27N3O6S/c1-2-31-22(27)16-26-20-9-8-19(14-21(20)32-23(26)28)33(29,30)24-18-10-12-25(13-11-18)15-17-6-4-3-5-7-17/h3-9,14,18,24H,2,10-13,15-16H2,1H3. The number of nitrogens with zero attached hydrogens (tertiary/aromatic N) is 2. The summed E-state index contributed by atoms with van der Waals surface area (Å²) in [6.07, 6.45) is 1.42. The first-order chi connectivity index (χ1) is 15.9. The molecule has 2 heterocycles. The number of hydrogen-bond acceptors (Lipinski definition) is 7. The molecule has 1 fully saturated rings. The van der Waals surface area contributed by atoms with Crippen LogP contribution in [0.2, 0.25) is 0 Å². The van der Waals surface area contributed by atoms with Gasteiger partial charge in [-0.1, -0.05) is 30.3 Å². The minimum atomic E-state index is -3.79. The molecule has 1 aliphatic heterocycles. The molecule has 176 valence electrons. The Labute approximate surface area is 192 Å². The van der Waals surface area contributed by atoms with E-state index in [1.165, 1.54) is 23.8 Å².